The van der Waals surface area contributed by atoms with Crippen molar-refractivity contribution in [1.29, 1.82) is 0 Å². The van der Waals surface area contributed by atoms with Gasteiger partial charge in [0.15, 0.2) is 4.34 Å². The molecule has 0 aliphatic carbocycles. The molecule has 114 valence electrons. The van der Waals surface area contributed by atoms with Gasteiger partial charge >= 0.3 is 0 Å². The van der Waals surface area contributed by atoms with E-state index in [0.29, 0.717) is 10.9 Å². The standard InChI is InChI=1S/C14H14N4OS3/c1-2-5-12-17-18-13(22-12)16-11(19)8-20-14-15-9-6-3-4-7-10(9)21-14/h3-4,6-7H,2,5,8H2,1H3,(H,16,18,19). The van der Waals surface area contributed by atoms with Gasteiger partial charge in [-0.15, -0.1) is 21.5 Å². The van der Waals surface area contributed by atoms with Crippen LogP contribution in [0.25, 0.3) is 10.2 Å². The highest BCUT2D eigenvalue weighted by Crippen LogP contribution is 2.29. The van der Waals surface area contributed by atoms with E-state index in [1.807, 2.05) is 24.3 Å². The van der Waals surface area contributed by atoms with Crippen molar-refractivity contribution in [3.8, 4) is 0 Å². The normalized spacial score (nSPS) is 11.0. The zero-order chi connectivity index (χ0) is 15.4. The molecule has 0 unspecified atom stereocenters. The summed E-state index contributed by atoms with van der Waals surface area (Å²) >= 11 is 4.48. The number of aromatic nitrogens is 3. The molecule has 0 bridgehead atoms. The minimum absolute atomic E-state index is 0.0801. The van der Waals surface area contributed by atoms with E-state index in [2.05, 4.69) is 27.4 Å². The van der Waals surface area contributed by atoms with Crippen LogP contribution in [0.3, 0.4) is 0 Å². The third-order valence-corrected chi connectivity index (χ3v) is 5.86. The zero-order valence-corrected chi connectivity index (χ0v) is 14.4. The van der Waals surface area contributed by atoms with Gasteiger partial charge in [-0.1, -0.05) is 42.2 Å². The van der Waals surface area contributed by atoms with Crippen LogP contribution in [0.15, 0.2) is 28.6 Å². The summed E-state index contributed by atoms with van der Waals surface area (Å²) in [5.41, 5.74) is 0.976. The number of benzene rings is 1. The summed E-state index contributed by atoms with van der Waals surface area (Å²) in [6, 6.07) is 7.97. The van der Waals surface area contributed by atoms with Crippen LogP contribution in [0, 0.1) is 0 Å². The molecule has 5 nitrogen and oxygen atoms in total. The molecule has 1 amide bonds. The molecule has 22 heavy (non-hydrogen) atoms. The third-order valence-electron chi connectivity index (χ3n) is 2.78. The predicted molar refractivity (Wildman–Crippen MR) is 92.9 cm³/mol. The summed E-state index contributed by atoms with van der Waals surface area (Å²) in [5, 5.41) is 12.3. The van der Waals surface area contributed by atoms with Gasteiger partial charge < -0.3 is 0 Å². The predicted octanol–water partition coefficient (Wildman–Crippen LogP) is 3.83. The molecule has 3 rings (SSSR count). The van der Waals surface area contributed by atoms with Crippen molar-refractivity contribution >= 4 is 55.7 Å². The number of thioether (sulfide) groups is 1. The first kappa shape index (κ1) is 15.4. The molecule has 2 heterocycles. The lowest BCUT2D eigenvalue weighted by molar-refractivity contribution is -0.113. The molecule has 0 spiro atoms. The van der Waals surface area contributed by atoms with Gasteiger partial charge in [0, 0.05) is 6.42 Å². The van der Waals surface area contributed by atoms with E-state index >= 15 is 0 Å². The maximum absolute atomic E-state index is 12.0. The molecule has 0 saturated heterocycles. The second-order valence-electron chi connectivity index (χ2n) is 4.54. The highest BCUT2D eigenvalue weighted by molar-refractivity contribution is 8.01. The van der Waals surface area contributed by atoms with Crippen molar-refractivity contribution in [3.63, 3.8) is 0 Å². The topological polar surface area (TPSA) is 67.8 Å². The van der Waals surface area contributed by atoms with Crippen molar-refractivity contribution in [3.05, 3.63) is 29.3 Å². The largest absolute Gasteiger partial charge is 0.300 e. The van der Waals surface area contributed by atoms with Gasteiger partial charge in [-0.05, 0) is 18.6 Å². The fraction of sp³-hybridized carbons (Fsp3) is 0.286. The van der Waals surface area contributed by atoms with E-state index < -0.39 is 0 Å². The van der Waals surface area contributed by atoms with E-state index in [1.54, 1.807) is 11.3 Å². The Hall–Kier alpha value is -1.51. The van der Waals surface area contributed by atoms with E-state index in [1.165, 1.54) is 23.1 Å². The van der Waals surface area contributed by atoms with E-state index in [-0.39, 0.29) is 5.91 Å². The van der Waals surface area contributed by atoms with Crippen molar-refractivity contribution in [2.45, 2.75) is 24.1 Å². The Morgan fingerprint density at radius 3 is 2.95 bits per heavy atom. The first-order valence-corrected chi connectivity index (χ1v) is 9.47. The minimum Gasteiger partial charge on any atom is -0.300 e. The Kier molecular flexibility index (Phi) is 5.01. The number of para-hydroxylation sites is 1. The highest BCUT2D eigenvalue weighted by atomic mass is 32.2. The van der Waals surface area contributed by atoms with Gasteiger partial charge in [0.25, 0.3) is 0 Å². The number of amides is 1. The summed E-state index contributed by atoms with van der Waals surface area (Å²) in [6.07, 6.45) is 1.92. The molecule has 1 aromatic carbocycles. The van der Waals surface area contributed by atoms with Crippen LogP contribution in [0.2, 0.25) is 0 Å². The maximum atomic E-state index is 12.0. The van der Waals surface area contributed by atoms with Gasteiger partial charge in [-0.2, -0.15) is 0 Å². The maximum Gasteiger partial charge on any atom is 0.236 e. The summed E-state index contributed by atoms with van der Waals surface area (Å²) < 4.78 is 2.04. The molecular formula is C14H14N4OS3. The Balaban J connectivity index is 1.55. The van der Waals surface area contributed by atoms with E-state index in [0.717, 1.165) is 32.4 Å². The number of carbonyl (C=O) groups excluding carboxylic acids is 1. The lowest BCUT2D eigenvalue weighted by Gasteiger charge is -1.98. The molecule has 2 aromatic heterocycles. The molecule has 0 radical (unpaired) electrons. The van der Waals surface area contributed by atoms with Crippen molar-refractivity contribution in [1.82, 2.24) is 15.2 Å². The molecule has 0 aliphatic rings. The SMILES string of the molecule is CCCc1nnc(NC(=O)CSc2nc3ccccc3s2)s1. The summed E-state index contributed by atoms with van der Waals surface area (Å²) in [6.45, 7) is 2.09. The highest BCUT2D eigenvalue weighted by Gasteiger charge is 2.10. The molecule has 0 aliphatic heterocycles. The van der Waals surface area contributed by atoms with Crippen LogP contribution in [-0.4, -0.2) is 26.8 Å². The first-order chi connectivity index (χ1) is 10.7. The average Bonchev–Trinajstić information content (AvgIpc) is 3.12. The van der Waals surface area contributed by atoms with Crippen LogP contribution in [0.4, 0.5) is 5.13 Å². The average molecular weight is 350 g/mol. The molecule has 8 heteroatoms. The van der Waals surface area contributed by atoms with Crippen LogP contribution >= 0.6 is 34.4 Å². The van der Waals surface area contributed by atoms with Gasteiger partial charge in [-0.25, -0.2) is 4.98 Å². The van der Waals surface area contributed by atoms with Crippen molar-refractivity contribution in [2.75, 3.05) is 11.1 Å². The van der Waals surface area contributed by atoms with Crippen LogP contribution < -0.4 is 5.32 Å². The van der Waals surface area contributed by atoms with Crippen LogP contribution in [0.1, 0.15) is 18.4 Å². The Morgan fingerprint density at radius 1 is 1.27 bits per heavy atom. The number of hydrogen-bond acceptors (Lipinski definition) is 7. The number of nitrogens with zero attached hydrogens (tertiary/aromatic N) is 3. The number of thiazole rings is 1. The number of carbonyl (C=O) groups is 1. The molecule has 0 saturated carbocycles. The Labute approximate surface area is 140 Å². The number of aryl methyl sites for hydroxylation is 1. The quantitative estimate of drug-likeness (QED) is 0.684. The van der Waals surface area contributed by atoms with Gasteiger partial charge in [-0.3, -0.25) is 10.1 Å². The number of nitrogens with one attached hydrogen (secondary N) is 1. The van der Waals surface area contributed by atoms with E-state index in [9.17, 15) is 4.79 Å². The second kappa shape index (κ2) is 7.17. The molecule has 0 atom stereocenters. The van der Waals surface area contributed by atoms with Crippen LogP contribution in [0.5, 0.6) is 0 Å². The third kappa shape index (κ3) is 3.82. The number of anilines is 1. The lowest BCUT2D eigenvalue weighted by Crippen LogP contribution is -2.13. The molecule has 3 aromatic rings. The summed E-state index contributed by atoms with van der Waals surface area (Å²) in [4.78, 5) is 16.4. The smallest absolute Gasteiger partial charge is 0.236 e. The zero-order valence-electron chi connectivity index (χ0n) is 11.9. The molecule has 1 N–H and O–H groups in total. The van der Waals surface area contributed by atoms with Crippen molar-refractivity contribution in [2.24, 2.45) is 0 Å². The van der Waals surface area contributed by atoms with Crippen molar-refractivity contribution < 1.29 is 4.79 Å². The summed E-state index contributed by atoms with van der Waals surface area (Å²) in [5.74, 6) is 0.242. The Bertz CT molecular complexity index is 750. The first-order valence-electron chi connectivity index (χ1n) is 6.85. The van der Waals surface area contributed by atoms with E-state index in [4.69, 9.17) is 0 Å². The van der Waals surface area contributed by atoms with Crippen LogP contribution in [-0.2, 0) is 11.2 Å². The number of fused-ring (bicyclic) bond motifs is 1. The molecule has 0 fully saturated rings. The minimum atomic E-state index is -0.0801. The second-order valence-corrected chi connectivity index (χ2v) is 7.85. The Morgan fingerprint density at radius 2 is 2.14 bits per heavy atom. The lowest BCUT2D eigenvalue weighted by atomic mass is 10.3. The monoisotopic (exact) mass is 350 g/mol. The molecular weight excluding hydrogens is 336 g/mol. The number of rotatable bonds is 6. The number of hydrogen-bond donors (Lipinski definition) is 1. The van der Waals surface area contributed by atoms with Gasteiger partial charge in [0.2, 0.25) is 11.0 Å². The fourth-order valence-electron chi connectivity index (χ4n) is 1.81. The van der Waals surface area contributed by atoms with Gasteiger partial charge in [0.1, 0.15) is 5.01 Å². The van der Waals surface area contributed by atoms with Gasteiger partial charge in [0.05, 0.1) is 16.0 Å². The summed E-state index contributed by atoms with van der Waals surface area (Å²) in [7, 11) is 0. The fourth-order valence-corrected chi connectivity index (χ4v) is 4.54.